The predicted molar refractivity (Wildman–Crippen MR) is 100 cm³/mol. The molecular weight excluding hydrogens is 330 g/mol. The third-order valence-corrected chi connectivity index (χ3v) is 4.14. The van der Waals surface area contributed by atoms with Crippen LogP contribution in [0.1, 0.15) is 57.5 Å². The molecule has 7 heteroatoms. The van der Waals surface area contributed by atoms with Crippen LogP contribution in [0.15, 0.2) is 0 Å². The number of rotatable bonds is 8. The summed E-state index contributed by atoms with van der Waals surface area (Å²) in [5, 5.41) is 16.1. The molecule has 7 nitrogen and oxygen atoms in total. The van der Waals surface area contributed by atoms with E-state index >= 15 is 0 Å². The molecule has 1 heterocycles. The van der Waals surface area contributed by atoms with E-state index in [0.717, 1.165) is 17.0 Å². The minimum atomic E-state index is -0.314. The monoisotopic (exact) mass is 361 g/mol. The first-order valence-electron chi connectivity index (χ1n) is 9.07. The first-order chi connectivity index (χ1) is 12.1. The number of likely N-dealkylation sites (N-methyl/N-ethyl adjacent to an activating group) is 1. The first-order valence-corrected chi connectivity index (χ1v) is 9.07. The molecule has 0 aromatic carbocycles. The molecule has 0 saturated carbocycles. The van der Waals surface area contributed by atoms with E-state index in [-0.39, 0.29) is 23.9 Å². The Hall–Kier alpha value is -2.36. The van der Waals surface area contributed by atoms with Crippen molar-refractivity contribution in [3.05, 3.63) is 17.0 Å². The summed E-state index contributed by atoms with van der Waals surface area (Å²) < 4.78 is 1.83. The Morgan fingerprint density at radius 2 is 1.96 bits per heavy atom. The topological polar surface area (TPSA) is 91.0 Å². The van der Waals surface area contributed by atoms with Gasteiger partial charge in [-0.05, 0) is 53.5 Å². The van der Waals surface area contributed by atoms with Gasteiger partial charge >= 0.3 is 0 Å². The molecular formula is C19H31N5O2. The van der Waals surface area contributed by atoms with Crippen LogP contribution >= 0.6 is 0 Å². The highest BCUT2D eigenvalue weighted by Gasteiger charge is 2.20. The smallest absolute Gasteiger partial charge is 0.240 e. The van der Waals surface area contributed by atoms with E-state index in [0.29, 0.717) is 32.4 Å². The summed E-state index contributed by atoms with van der Waals surface area (Å²) in [4.78, 5) is 26.2. The molecule has 144 valence electrons. The normalized spacial score (nSPS) is 11.1. The van der Waals surface area contributed by atoms with Gasteiger partial charge in [-0.2, -0.15) is 10.4 Å². The fourth-order valence-corrected chi connectivity index (χ4v) is 2.87. The van der Waals surface area contributed by atoms with Crippen LogP contribution in [0.25, 0.3) is 0 Å². The average Bonchev–Trinajstić information content (AvgIpc) is 2.80. The summed E-state index contributed by atoms with van der Waals surface area (Å²) in [6.45, 7) is 12.6. The van der Waals surface area contributed by atoms with E-state index < -0.39 is 0 Å². The van der Waals surface area contributed by atoms with Crippen LogP contribution in [-0.2, 0) is 22.6 Å². The molecule has 0 aliphatic rings. The molecule has 0 fully saturated rings. The lowest BCUT2D eigenvalue weighted by atomic mass is 10.1. The summed E-state index contributed by atoms with van der Waals surface area (Å²) in [6, 6.07) is 2.12. The minimum absolute atomic E-state index is 0.0415. The predicted octanol–water partition coefficient (Wildman–Crippen LogP) is 2.11. The Morgan fingerprint density at radius 3 is 2.50 bits per heavy atom. The Balaban J connectivity index is 2.68. The van der Waals surface area contributed by atoms with Crippen LogP contribution in [-0.4, -0.2) is 45.1 Å². The van der Waals surface area contributed by atoms with Crippen molar-refractivity contribution in [3.63, 3.8) is 0 Å². The van der Waals surface area contributed by atoms with E-state index in [4.69, 9.17) is 5.26 Å². The number of aromatic nitrogens is 2. The lowest BCUT2D eigenvalue weighted by Crippen LogP contribution is -2.47. The number of hydrogen-bond donors (Lipinski definition) is 1. The zero-order valence-electron chi connectivity index (χ0n) is 16.8. The van der Waals surface area contributed by atoms with Crippen molar-refractivity contribution in [3.8, 4) is 6.07 Å². The quantitative estimate of drug-likeness (QED) is 0.768. The van der Waals surface area contributed by atoms with E-state index in [1.54, 1.807) is 4.90 Å². The van der Waals surface area contributed by atoms with Crippen molar-refractivity contribution in [1.82, 2.24) is 20.0 Å². The van der Waals surface area contributed by atoms with Crippen LogP contribution in [0.5, 0.6) is 0 Å². The Bertz CT molecular complexity index is 679. The van der Waals surface area contributed by atoms with Crippen LogP contribution in [0.3, 0.4) is 0 Å². The van der Waals surface area contributed by atoms with Crippen molar-refractivity contribution in [2.45, 2.75) is 72.9 Å². The second-order valence-electron chi connectivity index (χ2n) is 7.49. The average molecular weight is 361 g/mol. The maximum Gasteiger partial charge on any atom is 0.240 e. The van der Waals surface area contributed by atoms with E-state index in [1.165, 1.54) is 0 Å². The van der Waals surface area contributed by atoms with Gasteiger partial charge in [-0.25, -0.2) is 0 Å². The van der Waals surface area contributed by atoms with Crippen molar-refractivity contribution in [2.75, 3.05) is 13.1 Å². The molecule has 26 heavy (non-hydrogen) atoms. The summed E-state index contributed by atoms with van der Waals surface area (Å²) in [6.07, 6.45) is 1.33. The maximum absolute atomic E-state index is 12.5. The summed E-state index contributed by atoms with van der Waals surface area (Å²) in [5.74, 6) is -0.190. The lowest BCUT2D eigenvalue weighted by Gasteiger charge is -2.25. The Kier molecular flexibility index (Phi) is 7.81. The first kappa shape index (κ1) is 21.7. The number of amides is 2. The minimum Gasteiger partial charge on any atom is -0.350 e. The van der Waals surface area contributed by atoms with Gasteiger partial charge in [0.05, 0.1) is 31.3 Å². The van der Waals surface area contributed by atoms with Crippen LogP contribution in [0.4, 0.5) is 0 Å². The molecule has 2 amide bonds. The van der Waals surface area contributed by atoms with Gasteiger partial charge < -0.3 is 10.2 Å². The third-order valence-electron chi connectivity index (χ3n) is 4.14. The number of carbonyl (C=O) groups is 2. The van der Waals surface area contributed by atoms with Crippen molar-refractivity contribution >= 4 is 11.8 Å². The standard InChI is InChI=1S/C19H31N5O2/c1-7-23(13-17(25)21-19(4,5)6)18(26)10-9-16-14(2)22-24(15(16)3)12-8-11-20/h7-10,12-13H2,1-6H3,(H,21,25). The van der Waals surface area contributed by atoms with Crippen molar-refractivity contribution < 1.29 is 9.59 Å². The van der Waals surface area contributed by atoms with E-state index in [1.807, 2.05) is 46.2 Å². The molecule has 0 spiro atoms. The highest BCUT2D eigenvalue weighted by atomic mass is 16.2. The van der Waals surface area contributed by atoms with Gasteiger partial charge in [-0.3, -0.25) is 14.3 Å². The third kappa shape index (κ3) is 6.51. The van der Waals surface area contributed by atoms with Crippen LogP contribution in [0.2, 0.25) is 0 Å². The van der Waals surface area contributed by atoms with Gasteiger partial charge in [0.25, 0.3) is 0 Å². The van der Waals surface area contributed by atoms with Gasteiger partial charge in [0, 0.05) is 24.2 Å². The fourth-order valence-electron chi connectivity index (χ4n) is 2.87. The lowest BCUT2D eigenvalue weighted by molar-refractivity contribution is -0.136. The zero-order valence-corrected chi connectivity index (χ0v) is 16.8. The Morgan fingerprint density at radius 1 is 1.31 bits per heavy atom. The largest absolute Gasteiger partial charge is 0.350 e. The second-order valence-corrected chi connectivity index (χ2v) is 7.49. The van der Waals surface area contributed by atoms with Crippen molar-refractivity contribution in [2.24, 2.45) is 0 Å². The number of nitrogens with one attached hydrogen (secondary N) is 1. The molecule has 0 aliphatic carbocycles. The highest BCUT2D eigenvalue weighted by molar-refractivity contribution is 5.85. The van der Waals surface area contributed by atoms with Gasteiger partial charge in [-0.1, -0.05) is 0 Å². The molecule has 1 aromatic rings. The number of hydrogen-bond acceptors (Lipinski definition) is 4. The molecule has 1 aromatic heterocycles. The molecule has 0 saturated heterocycles. The molecule has 1 rings (SSSR count). The molecule has 0 aliphatic heterocycles. The number of nitriles is 1. The summed E-state index contributed by atoms with van der Waals surface area (Å²) in [7, 11) is 0. The molecule has 0 bridgehead atoms. The van der Waals surface area contributed by atoms with Gasteiger partial charge in [0.1, 0.15) is 0 Å². The zero-order chi connectivity index (χ0) is 19.9. The van der Waals surface area contributed by atoms with Crippen LogP contribution < -0.4 is 5.32 Å². The molecule has 0 radical (unpaired) electrons. The SMILES string of the molecule is CCN(CC(=O)NC(C)(C)C)C(=O)CCc1c(C)nn(CCC#N)c1C. The van der Waals surface area contributed by atoms with Crippen molar-refractivity contribution in [1.29, 1.82) is 5.26 Å². The van der Waals surface area contributed by atoms with E-state index in [9.17, 15) is 9.59 Å². The van der Waals surface area contributed by atoms with E-state index in [2.05, 4.69) is 16.5 Å². The number of aryl methyl sites for hydroxylation is 2. The molecule has 1 N–H and O–H groups in total. The molecule has 0 unspecified atom stereocenters. The molecule has 0 atom stereocenters. The van der Waals surface area contributed by atoms with Gasteiger partial charge in [0.2, 0.25) is 11.8 Å². The number of nitrogens with zero attached hydrogens (tertiary/aromatic N) is 4. The maximum atomic E-state index is 12.5. The van der Waals surface area contributed by atoms with Gasteiger partial charge in [0.15, 0.2) is 0 Å². The number of carbonyl (C=O) groups excluding carboxylic acids is 2. The van der Waals surface area contributed by atoms with Gasteiger partial charge in [-0.15, -0.1) is 0 Å². The Labute approximate surface area is 156 Å². The fraction of sp³-hybridized carbons (Fsp3) is 0.684. The van der Waals surface area contributed by atoms with Crippen LogP contribution in [0, 0.1) is 25.2 Å². The summed E-state index contributed by atoms with van der Waals surface area (Å²) >= 11 is 0. The highest BCUT2D eigenvalue weighted by Crippen LogP contribution is 2.16. The second kappa shape index (κ2) is 9.37. The summed E-state index contributed by atoms with van der Waals surface area (Å²) in [5.41, 5.74) is 2.62.